The topological polar surface area (TPSA) is 70.1 Å². The molecule has 1 fully saturated rings. The van der Waals surface area contributed by atoms with Crippen molar-refractivity contribution in [1.82, 2.24) is 9.97 Å². The molecule has 17 heavy (non-hydrogen) atoms. The van der Waals surface area contributed by atoms with Crippen molar-refractivity contribution in [2.24, 2.45) is 5.41 Å². The van der Waals surface area contributed by atoms with Crippen LogP contribution in [0.5, 0.6) is 0 Å². The van der Waals surface area contributed by atoms with Gasteiger partial charge in [-0.15, -0.1) is 0 Å². The second-order valence-corrected chi connectivity index (χ2v) is 5.22. The first-order valence-electron chi connectivity index (χ1n) is 5.80. The minimum Gasteiger partial charge on any atom is -0.396 e. The summed E-state index contributed by atoms with van der Waals surface area (Å²) in [5, 5.41) is 15.7. The number of nitrogens with zero attached hydrogens (tertiary/aromatic N) is 2. The fraction of sp³-hybridized carbons (Fsp3) is 0.636. The molecule has 0 aliphatic heterocycles. The Bertz CT molecular complexity index is 395. The van der Waals surface area contributed by atoms with Crippen molar-refractivity contribution < 1.29 is 5.11 Å². The van der Waals surface area contributed by atoms with Gasteiger partial charge in [0.05, 0.1) is 6.61 Å². The lowest BCUT2D eigenvalue weighted by atomic mass is 10.1. The predicted molar refractivity (Wildman–Crippen MR) is 71.1 cm³/mol. The van der Waals surface area contributed by atoms with Crippen LogP contribution in [0.2, 0.25) is 0 Å². The van der Waals surface area contributed by atoms with E-state index in [0.29, 0.717) is 0 Å². The number of aliphatic hydroxyl groups excluding tert-OH is 1. The lowest BCUT2D eigenvalue weighted by molar-refractivity contribution is 0.219. The molecule has 1 heterocycles. The number of nitrogens with one attached hydrogen (secondary N) is 2. The zero-order valence-electron chi connectivity index (χ0n) is 9.83. The smallest absolute Gasteiger partial charge is 0.145 e. The van der Waals surface area contributed by atoms with Gasteiger partial charge in [0.1, 0.15) is 22.4 Å². The third-order valence-corrected chi connectivity index (χ3v) is 3.81. The Hall–Kier alpha value is -0.880. The van der Waals surface area contributed by atoms with Gasteiger partial charge in [0.25, 0.3) is 0 Å². The summed E-state index contributed by atoms with van der Waals surface area (Å²) < 4.78 is 0.843. The predicted octanol–water partition coefficient (Wildman–Crippen LogP) is 1.86. The zero-order valence-corrected chi connectivity index (χ0v) is 11.4. The monoisotopic (exact) mass is 300 g/mol. The Kier molecular flexibility index (Phi) is 3.83. The van der Waals surface area contributed by atoms with Gasteiger partial charge in [-0.2, -0.15) is 0 Å². The molecule has 1 aliphatic rings. The molecule has 0 amide bonds. The van der Waals surface area contributed by atoms with Crippen molar-refractivity contribution in [3.05, 3.63) is 10.8 Å². The number of aliphatic hydroxyl groups is 1. The fourth-order valence-corrected chi connectivity index (χ4v) is 2.11. The molecule has 0 aromatic carbocycles. The number of anilines is 2. The van der Waals surface area contributed by atoms with Gasteiger partial charge in [-0.05, 0) is 35.7 Å². The van der Waals surface area contributed by atoms with Crippen LogP contribution in [0.15, 0.2) is 10.8 Å². The minimum atomic E-state index is 0.0722. The van der Waals surface area contributed by atoms with E-state index in [1.54, 1.807) is 0 Å². The molecule has 1 saturated carbocycles. The Labute approximate surface area is 109 Å². The van der Waals surface area contributed by atoms with Crippen molar-refractivity contribution >= 4 is 27.6 Å². The standard InChI is InChI=1S/C11H17BrN4O/c1-2-13-9-8(12)10(16-7-15-9)14-5-11(6-17)3-4-11/h7,17H,2-6H2,1H3,(H2,13,14,15,16). The highest BCUT2D eigenvalue weighted by atomic mass is 79.9. The largest absolute Gasteiger partial charge is 0.396 e. The molecule has 1 aromatic heterocycles. The Balaban J connectivity index is 2.03. The number of hydrogen-bond donors (Lipinski definition) is 3. The van der Waals surface area contributed by atoms with Crippen LogP contribution in [0.4, 0.5) is 11.6 Å². The van der Waals surface area contributed by atoms with E-state index in [4.69, 9.17) is 0 Å². The van der Waals surface area contributed by atoms with Gasteiger partial charge >= 0.3 is 0 Å². The third kappa shape index (κ3) is 2.87. The lowest BCUT2D eigenvalue weighted by Crippen LogP contribution is -2.20. The van der Waals surface area contributed by atoms with Crippen LogP contribution in [0.25, 0.3) is 0 Å². The van der Waals surface area contributed by atoms with E-state index in [1.807, 2.05) is 6.92 Å². The van der Waals surface area contributed by atoms with E-state index in [2.05, 4.69) is 36.5 Å². The quantitative estimate of drug-likeness (QED) is 0.748. The molecule has 0 unspecified atom stereocenters. The summed E-state index contributed by atoms with van der Waals surface area (Å²) in [6, 6.07) is 0. The van der Waals surface area contributed by atoms with Crippen LogP contribution in [0, 0.1) is 5.41 Å². The molecule has 0 spiro atoms. The summed E-state index contributed by atoms with van der Waals surface area (Å²) >= 11 is 3.48. The molecule has 1 aromatic rings. The molecule has 0 radical (unpaired) electrons. The molecule has 0 atom stereocenters. The summed E-state index contributed by atoms with van der Waals surface area (Å²) in [7, 11) is 0. The van der Waals surface area contributed by atoms with Gasteiger partial charge in [0, 0.05) is 18.5 Å². The SMILES string of the molecule is CCNc1ncnc(NCC2(CO)CC2)c1Br. The fourth-order valence-electron chi connectivity index (χ4n) is 1.62. The van der Waals surface area contributed by atoms with Crippen LogP contribution in [0.1, 0.15) is 19.8 Å². The molecule has 6 heteroatoms. The van der Waals surface area contributed by atoms with Gasteiger partial charge < -0.3 is 15.7 Å². The Morgan fingerprint density at radius 3 is 2.53 bits per heavy atom. The molecule has 0 bridgehead atoms. The van der Waals surface area contributed by atoms with Crippen molar-refractivity contribution in [1.29, 1.82) is 0 Å². The van der Waals surface area contributed by atoms with Gasteiger partial charge in [-0.25, -0.2) is 9.97 Å². The van der Waals surface area contributed by atoms with Gasteiger partial charge in [0.2, 0.25) is 0 Å². The molecule has 0 saturated heterocycles. The summed E-state index contributed by atoms with van der Waals surface area (Å²) in [4.78, 5) is 8.35. The number of halogens is 1. The average molecular weight is 301 g/mol. The maximum atomic E-state index is 9.25. The van der Waals surface area contributed by atoms with Crippen LogP contribution in [-0.4, -0.2) is 34.8 Å². The van der Waals surface area contributed by atoms with E-state index >= 15 is 0 Å². The van der Waals surface area contributed by atoms with Crippen LogP contribution in [0.3, 0.4) is 0 Å². The normalized spacial score (nSPS) is 16.6. The van der Waals surface area contributed by atoms with E-state index in [9.17, 15) is 5.11 Å². The molecule has 2 rings (SSSR count). The first kappa shape index (κ1) is 12.6. The number of hydrogen-bond acceptors (Lipinski definition) is 5. The molecule has 3 N–H and O–H groups in total. The summed E-state index contributed by atoms with van der Waals surface area (Å²) in [5.74, 6) is 1.56. The van der Waals surface area contributed by atoms with Gasteiger partial charge in [-0.1, -0.05) is 0 Å². The van der Waals surface area contributed by atoms with Crippen LogP contribution >= 0.6 is 15.9 Å². The molecule has 5 nitrogen and oxygen atoms in total. The highest BCUT2D eigenvalue weighted by Gasteiger charge is 2.41. The highest BCUT2D eigenvalue weighted by molar-refractivity contribution is 9.10. The zero-order chi connectivity index (χ0) is 12.3. The Morgan fingerprint density at radius 2 is 2.00 bits per heavy atom. The highest BCUT2D eigenvalue weighted by Crippen LogP contribution is 2.45. The van der Waals surface area contributed by atoms with Crippen molar-refractivity contribution in [2.45, 2.75) is 19.8 Å². The summed E-state index contributed by atoms with van der Waals surface area (Å²) in [6.45, 7) is 3.83. The van der Waals surface area contributed by atoms with Crippen molar-refractivity contribution in [3.63, 3.8) is 0 Å². The first-order valence-corrected chi connectivity index (χ1v) is 6.59. The van der Waals surface area contributed by atoms with E-state index in [0.717, 1.165) is 42.0 Å². The summed E-state index contributed by atoms with van der Waals surface area (Å²) in [6.07, 6.45) is 3.70. The molecular formula is C11H17BrN4O. The average Bonchev–Trinajstić information content (AvgIpc) is 3.11. The van der Waals surface area contributed by atoms with E-state index in [-0.39, 0.29) is 12.0 Å². The van der Waals surface area contributed by atoms with E-state index in [1.165, 1.54) is 6.33 Å². The lowest BCUT2D eigenvalue weighted by Gasteiger charge is -2.15. The van der Waals surface area contributed by atoms with E-state index < -0.39 is 0 Å². The maximum absolute atomic E-state index is 9.25. The maximum Gasteiger partial charge on any atom is 0.145 e. The minimum absolute atomic E-state index is 0.0722. The molecular weight excluding hydrogens is 284 g/mol. The van der Waals surface area contributed by atoms with Crippen LogP contribution in [-0.2, 0) is 0 Å². The third-order valence-electron chi connectivity index (χ3n) is 3.06. The van der Waals surface area contributed by atoms with Crippen LogP contribution < -0.4 is 10.6 Å². The van der Waals surface area contributed by atoms with Crippen molar-refractivity contribution in [2.75, 3.05) is 30.3 Å². The molecule has 1 aliphatic carbocycles. The second kappa shape index (κ2) is 5.18. The van der Waals surface area contributed by atoms with Gasteiger partial charge in [0.15, 0.2) is 0 Å². The van der Waals surface area contributed by atoms with Crippen molar-refractivity contribution in [3.8, 4) is 0 Å². The number of rotatable bonds is 6. The van der Waals surface area contributed by atoms with Gasteiger partial charge in [-0.3, -0.25) is 0 Å². The molecule has 94 valence electrons. The second-order valence-electron chi connectivity index (χ2n) is 4.43. The first-order chi connectivity index (χ1) is 8.21. The number of aromatic nitrogens is 2. The Morgan fingerprint density at radius 1 is 1.35 bits per heavy atom. The summed E-state index contributed by atoms with van der Waals surface area (Å²) in [5.41, 5.74) is 0.0722.